The zero-order valence-electron chi connectivity index (χ0n) is 42.3. The molecule has 2 heterocycles. The number of fused-ring (bicyclic) bond motifs is 10. The van der Waals surface area contributed by atoms with Crippen molar-refractivity contribution >= 4 is 71.4 Å². The molecule has 0 unspecified atom stereocenters. The summed E-state index contributed by atoms with van der Waals surface area (Å²) in [6.07, 6.45) is 0. The number of benzene rings is 12. The molecule has 0 saturated carbocycles. The molecule has 0 amide bonds. The van der Waals surface area contributed by atoms with Gasteiger partial charge in [-0.2, -0.15) is 0 Å². The van der Waals surface area contributed by atoms with Crippen molar-refractivity contribution in [3.63, 3.8) is 0 Å². The van der Waals surface area contributed by atoms with Crippen LogP contribution < -0.4 is 4.90 Å². The van der Waals surface area contributed by atoms with Crippen LogP contribution in [0.5, 0.6) is 0 Å². The maximum absolute atomic E-state index is 2.44. The highest BCUT2D eigenvalue weighted by molar-refractivity contribution is 6.11. The van der Waals surface area contributed by atoms with E-state index in [9.17, 15) is 0 Å². The van der Waals surface area contributed by atoms with Gasteiger partial charge in [-0.3, -0.25) is 0 Å². The van der Waals surface area contributed by atoms with Crippen LogP contribution in [0.3, 0.4) is 0 Å². The molecule has 15 rings (SSSR count). The lowest BCUT2D eigenvalue weighted by Gasteiger charge is -2.28. The van der Waals surface area contributed by atoms with Gasteiger partial charge in [0.2, 0.25) is 0 Å². The summed E-state index contributed by atoms with van der Waals surface area (Å²) in [5.41, 5.74) is 22.8. The molecule has 3 nitrogen and oxygen atoms in total. The highest BCUT2D eigenvalue weighted by atomic mass is 15.1. The molecule has 0 N–H and O–H groups in total. The minimum atomic E-state index is -0.248. The number of nitrogens with zero attached hydrogens (tertiary/aromatic N) is 3. The van der Waals surface area contributed by atoms with Gasteiger partial charge in [-0.15, -0.1) is 0 Å². The van der Waals surface area contributed by atoms with E-state index < -0.39 is 0 Å². The van der Waals surface area contributed by atoms with Crippen molar-refractivity contribution in [1.82, 2.24) is 9.13 Å². The number of anilines is 3. The summed E-state index contributed by atoms with van der Waals surface area (Å²) < 4.78 is 4.81. The Hall–Kier alpha value is -9.70. The minimum absolute atomic E-state index is 0.248. The SMILES string of the molecule is CC1(C)c2cc(N(c3ccc(-c4ccc(-c5ccc6c(c5)c5ccccc5n6-c5ccccc5)cc4)cc3)c3ccc(-c4cccc5ccccc45)cc3)ccc2-c2ccc(-n3c4ccccc4c4ccccc43)cc21. The summed E-state index contributed by atoms with van der Waals surface area (Å²) in [6.45, 7) is 4.78. The largest absolute Gasteiger partial charge is 0.310 e. The Morgan fingerprint density at radius 1 is 0.276 bits per heavy atom. The van der Waals surface area contributed by atoms with Gasteiger partial charge >= 0.3 is 0 Å². The highest BCUT2D eigenvalue weighted by Crippen LogP contribution is 2.52. The van der Waals surface area contributed by atoms with Crippen molar-refractivity contribution in [2.75, 3.05) is 4.90 Å². The van der Waals surface area contributed by atoms with Crippen LogP contribution in [0.4, 0.5) is 17.1 Å². The molecule has 1 aliphatic carbocycles. The van der Waals surface area contributed by atoms with Gasteiger partial charge in [0.25, 0.3) is 0 Å². The van der Waals surface area contributed by atoms with Crippen LogP contribution in [0.15, 0.2) is 273 Å². The summed E-state index contributed by atoms with van der Waals surface area (Å²) in [4.78, 5) is 2.42. The van der Waals surface area contributed by atoms with E-state index in [4.69, 9.17) is 0 Å². The predicted molar refractivity (Wildman–Crippen MR) is 321 cm³/mol. The zero-order valence-corrected chi connectivity index (χ0v) is 42.3. The standard InChI is InChI=1S/C73H51N3/c1-73(2)67-46-57(40-42-61(67)62-43-41-58(47-68(62)73)76-69-24-11-8-20-63(69)64-21-9-12-25-70(64)76)74(56-38-33-52(34-39-56)60-23-14-16-51-15-6-7-19-59(51)60)55-36-31-49(32-37-55)48-27-29-50(30-28-48)53-35-44-72-66(45-53)65-22-10-13-26-71(65)75(72)54-17-4-3-5-18-54/h3-47H,1-2H3. The smallest absolute Gasteiger partial charge is 0.0541 e. The van der Waals surface area contributed by atoms with E-state index in [1.165, 1.54) is 121 Å². The Balaban J connectivity index is 0.787. The van der Waals surface area contributed by atoms with E-state index in [2.05, 4.69) is 301 Å². The summed E-state index contributed by atoms with van der Waals surface area (Å²) in [7, 11) is 0. The third kappa shape index (κ3) is 6.90. The van der Waals surface area contributed by atoms with E-state index in [1.807, 2.05) is 0 Å². The fraction of sp³-hybridized carbons (Fsp3) is 0.0411. The first kappa shape index (κ1) is 43.8. The van der Waals surface area contributed by atoms with E-state index >= 15 is 0 Å². The Morgan fingerprint density at radius 2 is 0.724 bits per heavy atom. The molecule has 358 valence electrons. The minimum Gasteiger partial charge on any atom is -0.310 e. The molecule has 76 heavy (non-hydrogen) atoms. The number of rotatable bonds is 8. The maximum atomic E-state index is 2.44. The molecule has 0 radical (unpaired) electrons. The van der Waals surface area contributed by atoms with E-state index in [0.717, 1.165) is 17.1 Å². The van der Waals surface area contributed by atoms with Crippen LogP contribution >= 0.6 is 0 Å². The molecule has 1 aliphatic rings. The van der Waals surface area contributed by atoms with Gasteiger partial charge in [-0.05, 0) is 157 Å². The molecule has 3 heteroatoms. The van der Waals surface area contributed by atoms with E-state index in [0.29, 0.717) is 0 Å². The molecule has 0 atom stereocenters. The van der Waals surface area contributed by atoms with Crippen LogP contribution in [-0.4, -0.2) is 9.13 Å². The third-order valence-corrected chi connectivity index (χ3v) is 16.3. The second kappa shape index (κ2) is 17.2. The fourth-order valence-corrected chi connectivity index (χ4v) is 12.6. The number of hydrogen-bond acceptors (Lipinski definition) is 1. The van der Waals surface area contributed by atoms with E-state index in [1.54, 1.807) is 0 Å². The topological polar surface area (TPSA) is 13.1 Å². The second-order valence-corrected chi connectivity index (χ2v) is 20.9. The Bertz CT molecular complexity index is 4520. The van der Waals surface area contributed by atoms with Crippen molar-refractivity contribution in [1.29, 1.82) is 0 Å². The highest BCUT2D eigenvalue weighted by Gasteiger charge is 2.37. The Morgan fingerprint density at radius 3 is 1.37 bits per heavy atom. The first-order valence-corrected chi connectivity index (χ1v) is 26.4. The lowest BCUT2D eigenvalue weighted by molar-refractivity contribution is 0.660. The van der Waals surface area contributed by atoms with Gasteiger partial charge in [-0.1, -0.05) is 196 Å². The normalized spacial score (nSPS) is 12.7. The Kier molecular flexibility index (Phi) is 9.92. The molecule has 2 aromatic heterocycles. The first-order valence-electron chi connectivity index (χ1n) is 26.4. The molecule has 0 bridgehead atoms. The van der Waals surface area contributed by atoms with Gasteiger partial charge in [0, 0.05) is 55.4 Å². The van der Waals surface area contributed by atoms with Crippen LogP contribution in [0.2, 0.25) is 0 Å². The van der Waals surface area contributed by atoms with Crippen molar-refractivity contribution in [2.45, 2.75) is 19.3 Å². The molecule has 0 spiro atoms. The van der Waals surface area contributed by atoms with Crippen molar-refractivity contribution in [2.24, 2.45) is 0 Å². The fourth-order valence-electron chi connectivity index (χ4n) is 12.6. The van der Waals surface area contributed by atoms with Gasteiger partial charge in [-0.25, -0.2) is 0 Å². The van der Waals surface area contributed by atoms with Crippen LogP contribution in [-0.2, 0) is 5.41 Å². The van der Waals surface area contributed by atoms with Crippen molar-refractivity contribution < 1.29 is 0 Å². The monoisotopic (exact) mass is 969 g/mol. The maximum Gasteiger partial charge on any atom is 0.0541 e. The van der Waals surface area contributed by atoms with Gasteiger partial charge in [0.1, 0.15) is 0 Å². The van der Waals surface area contributed by atoms with Crippen LogP contribution in [0, 0.1) is 0 Å². The van der Waals surface area contributed by atoms with Crippen molar-refractivity contribution in [3.8, 4) is 55.9 Å². The first-order chi connectivity index (χ1) is 37.4. The lowest BCUT2D eigenvalue weighted by Crippen LogP contribution is -2.17. The van der Waals surface area contributed by atoms with Gasteiger partial charge in [0.05, 0.1) is 22.1 Å². The molecule has 14 aromatic rings. The average molecular weight is 970 g/mol. The number of aromatic nitrogens is 2. The second-order valence-electron chi connectivity index (χ2n) is 20.9. The summed E-state index contributed by atoms with van der Waals surface area (Å²) in [6, 6.07) is 101. The molecular weight excluding hydrogens is 919 g/mol. The zero-order chi connectivity index (χ0) is 50.5. The molecule has 12 aromatic carbocycles. The summed E-state index contributed by atoms with van der Waals surface area (Å²) in [5.74, 6) is 0. The average Bonchev–Trinajstić information content (AvgIpc) is 4.08. The summed E-state index contributed by atoms with van der Waals surface area (Å²) in [5, 5.41) is 7.56. The molecule has 0 saturated heterocycles. The number of hydrogen-bond donors (Lipinski definition) is 0. The van der Waals surface area contributed by atoms with E-state index in [-0.39, 0.29) is 5.41 Å². The van der Waals surface area contributed by atoms with Gasteiger partial charge in [0.15, 0.2) is 0 Å². The quantitative estimate of drug-likeness (QED) is 0.148. The van der Waals surface area contributed by atoms with Crippen molar-refractivity contribution in [3.05, 3.63) is 284 Å². The molecule has 0 fully saturated rings. The van der Waals surface area contributed by atoms with Crippen LogP contribution in [0.1, 0.15) is 25.0 Å². The molecular formula is C73H51N3. The van der Waals surface area contributed by atoms with Crippen LogP contribution in [0.25, 0.3) is 110 Å². The Labute approximate surface area is 442 Å². The summed E-state index contributed by atoms with van der Waals surface area (Å²) >= 11 is 0. The van der Waals surface area contributed by atoms with Gasteiger partial charge < -0.3 is 14.0 Å². The number of para-hydroxylation sites is 4. The predicted octanol–water partition coefficient (Wildman–Crippen LogP) is 19.8. The third-order valence-electron chi connectivity index (χ3n) is 16.3. The molecule has 0 aliphatic heterocycles. The lowest BCUT2D eigenvalue weighted by atomic mass is 9.82.